The Morgan fingerprint density at radius 3 is 2.50 bits per heavy atom. The van der Waals surface area contributed by atoms with Crippen molar-refractivity contribution in [2.75, 3.05) is 18.9 Å². The number of likely N-dealkylation sites (N-methyl/N-ethyl adjacent to an activating group) is 1. The summed E-state index contributed by atoms with van der Waals surface area (Å²) in [4.78, 5) is 30.9. The molecule has 3 aromatic rings. The maximum atomic E-state index is 12.6. The van der Waals surface area contributed by atoms with E-state index in [4.69, 9.17) is 23.2 Å². The van der Waals surface area contributed by atoms with Gasteiger partial charge in [0.1, 0.15) is 0 Å². The van der Waals surface area contributed by atoms with Crippen LogP contribution < -0.4 is 5.32 Å². The summed E-state index contributed by atoms with van der Waals surface area (Å²) in [6.45, 7) is 5.72. The molecule has 3 rings (SSSR count). The molecule has 2 aromatic heterocycles. The number of nitrogens with zero attached hydrogens (tertiary/aromatic N) is 4. The van der Waals surface area contributed by atoms with Gasteiger partial charge in [0.25, 0.3) is 0 Å². The summed E-state index contributed by atoms with van der Waals surface area (Å²) in [5.41, 5.74) is 4.85. The van der Waals surface area contributed by atoms with Crippen LogP contribution in [0.5, 0.6) is 0 Å². The number of benzene rings is 1. The van der Waals surface area contributed by atoms with E-state index in [1.807, 2.05) is 26.8 Å². The van der Waals surface area contributed by atoms with Crippen molar-refractivity contribution < 1.29 is 9.59 Å². The van der Waals surface area contributed by atoms with Crippen molar-refractivity contribution in [3.05, 3.63) is 57.0 Å². The van der Waals surface area contributed by atoms with Crippen molar-refractivity contribution in [2.45, 2.75) is 33.6 Å². The van der Waals surface area contributed by atoms with Crippen molar-refractivity contribution in [1.29, 1.82) is 0 Å². The van der Waals surface area contributed by atoms with Crippen molar-refractivity contribution in [2.24, 2.45) is 0 Å². The molecule has 0 saturated heterocycles. The summed E-state index contributed by atoms with van der Waals surface area (Å²) in [7, 11) is 1.59. The zero-order valence-corrected chi connectivity index (χ0v) is 18.8. The molecule has 2 amide bonds. The van der Waals surface area contributed by atoms with Gasteiger partial charge in [-0.2, -0.15) is 5.10 Å². The number of hydrogen-bond acceptors (Lipinski definition) is 4. The van der Waals surface area contributed by atoms with E-state index in [-0.39, 0.29) is 24.8 Å². The lowest BCUT2D eigenvalue weighted by molar-refractivity contribution is -0.133. The van der Waals surface area contributed by atoms with Gasteiger partial charge in [-0.15, -0.1) is 0 Å². The minimum absolute atomic E-state index is 0.103. The van der Waals surface area contributed by atoms with Gasteiger partial charge in [-0.25, -0.2) is 9.50 Å². The fourth-order valence-electron chi connectivity index (χ4n) is 3.33. The molecule has 2 heterocycles. The molecule has 1 N–H and O–H groups in total. The van der Waals surface area contributed by atoms with E-state index in [1.54, 1.807) is 29.8 Å². The van der Waals surface area contributed by atoms with Gasteiger partial charge in [-0.1, -0.05) is 29.3 Å². The Kier molecular flexibility index (Phi) is 6.63. The van der Waals surface area contributed by atoms with E-state index < -0.39 is 0 Å². The Labute approximate surface area is 185 Å². The van der Waals surface area contributed by atoms with E-state index in [0.29, 0.717) is 22.2 Å². The molecule has 9 heteroatoms. The van der Waals surface area contributed by atoms with Gasteiger partial charge < -0.3 is 10.2 Å². The van der Waals surface area contributed by atoms with Gasteiger partial charge >= 0.3 is 0 Å². The molecule has 30 heavy (non-hydrogen) atoms. The molecule has 0 bridgehead atoms. The molecule has 0 aliphatic rings. The smallest absolute Gasteiger partial charge is 0.244 e. The van der Waals surface area contributed by atoms with E-state index >= 15 is 0 Å². The average molecular weight is 448 g/mol. The average Bonchev–Trinajstić information content (AvgIpc) is 3.04. The van der Waals surface area contributed by atoms with E-state index in [2.05, 4.69) is 15.4 Å². The fourth-order valence-corrected chi connectivity index (χ4v) is 3.82. The molecule has 0 unspecified atom stereocenters. The Hall–Kier alpha value is -2.64. The van der Waals surface area contributed by atoms with Crippen LogP contribution in [-0.4, -0.2) is 44.9 Å². The molecule has 0 spiro atoms. The van der Waals surface area contributed by atoms with Crippen LogP contribution >= 0.6 is 23.2 Å². The van der Waals surface area contributed by atoms with Gasteiger partial charge in [0.15, 0.2) is 5.65 Å². The van der Waals surface area contributed by atoms with Crippen LogP contribution in [0.25, 0.3) is 5.65 Å². The molecule has 158 valence electrons. The fraction of sp³-hybridized carbons (Fsp3) is 0.333. The van der Waals surface area contributed by atoms with Gasteiger partial charge in [0, 0.05) is 30.9 Å². The van der Waals surface area contributed by atoms with Crippen LogP contribution in [0.4, 0.5) is 5.69 Å². The lowest BCUT2D eigenvalue weighted by Crippen LogP contribution is -2.35. The molecule has 0 aliphatic heterocycles. The van der Waals surface area contributed by atoms with Crippen molar-refractivity contribution in [1.82, 2.24) is 19.5 Å². The molecule has 1 aromatic carbocycles. The number of fused-ring (bicyclic) bond motifs is 1. The summed E-state index contributed by atoms with van der Waals surface area (Å²) < 4.78 is 1.80. The first kappa shape index (κ1) is 22.1. The highest BCUT2D eigenvalue weighted by molar-refractivity contribution is 6.39. The van der Waals surface area contributed by atoms with Gasteiger partial charge in [0.2, 0.25) is 11.8 Å². The first-order chi connectivity index (χ1) is 14.2. The first-order valence-corrected chi connectivity index (χ1v) is 10.2. The SMILES string of the molecule is Cc1cc2nc(C)c(CCC(=O)N(C)CC(=O)Nc3c(Cl)cccc3Cl)c(C)n2n1. The quantitative estimate of drug-likeness (QED) is 0.619. The molecule has 0 atom stereocenters. The van der Waals surface area contributed by atoms with E-state index in [0.717, 1.165) is 28.3 Å². The zero-order valence-electron chi connectivity index (χ0n) is 17.3. The molecule has 0 radical (unpaired) electrons. The number of nitrogens with one attached hydrogen (secondary N) is 1. The first-order valence-electron chi connectivity index (χ1n) is 9.47. The lowest BCUT2D eigenvalue weighted by atomic mass is 10.1. The van der Waals surface area contributed by atoms with Crippen LogP contribution in [0.15, 0.2) is 24.3 Å². The molecular formula is C21H23Cl2N5O2. The van der Waals surface area contributed by atoms with Gasteiger partial charge in [0.05, 0.1) is 28.0 Å². The van der Waals surface area contributed by atoms with Gasteiger partial charge in [-0.3, -0.25) is 9.59 Å². The number of anilines is 1. The molecular weight excluding hydrogens is 425 g/mol. The van der Waals surface area contributed by atoms with Crippen LogP contribution in [0, 0.1) is 20.8 Å². The van der Waals surface area contributed by atoms with Crippen LogP contribution in [0.3, 0.4) is 0 Å². The third kappa shape index (κ3) is 4.74. The molecule has 7 nitrogen and oxygen atoms in total. The topological polar surface area (TPSA) is 79.6 Å². The minimum Gasteiger partial charge on any atom is -0.336 e. The second-order valence-electron chi connectivity index (χ2n) is 7.21. The number of carbonyl (C=O) groups excluding carboxylic acids is 2. The number of carbonyl (C=O) groups is 2. The third-order valence-electron chi connectivity index (χ3n) is 4.91. The normalized spacial score (nSPS) is 11.0. The maximum absolute atomic E-state index is 12.6. The Balaban J connectivity index is 1.62. The summed E-state index contributed by atoms with van der Waals surface area (Å²) in [5.74, 6) is -0.519. The van der Waals surface area contributed by atoms with E-state index in [1.165, 1.54) is 4.90 Å². The number of amides is 2. The van der Waals surface area contributed by atoms with Crippen LogP contribution in [0.2, 0.25) is 10.0 Å². The Morgan fingerprint density at radius 1 is 1.17 bits per heavy atom. The highest BCUT2D eigenvalue weighted by Crippen LogP contribution is 2.29. The summed E-state index contributed by atoms with van der Waals surface area (Å²) >= 11 is 12.1. The maximum Gasteiger partial charge on any atom is 0.244 e. The monoisotopic (exact) mass is 447 g/mol. The van der Waals surface area contributed by atoms with Crippen molar-refractivity contribution in [3.63, 3.8) is 0 Å². The molecule has 0 aliphatic carbocycles. The van der Waals surface area contributed by atoms with Crippen molar-refractivity contribution >= 4 is 46.4 Å². The number of para-hydroxylation sites is 1. The predicted molar refractivity (Wildman–Crippen MR) is 118 cm³/mol. The van der Waals surface area contributed by atoms with Crippen molar-refractivity contribution in [3.8, 4) is 0 Å². The largest absolute Gasteiger partial charge is 0.336 e. The second-order valence-corrected chi connectivity index (χ2v) is 8.03. The highest BCUT2D eigenvalue weighted by Gasteiger charge is 2.17. The Morgan fingerprint density at radius 2 is 1.83 bits per heavy atom. The lowest BCUT2D eigenvalue weighted by Gasteiger charge is -2.18. The summed E-state index contributed by atoms with van der Waals surface area (Å²) in [6.07, 6.45) is 0.770. The zero-order chi connectivity index (χ0) is 22.0. The number of halogens is 2. The molecule has 0 saturated carbocycles. The number of hydrogen-bond donors (Lipinski definition) is 1. The summed E-state index contributed by atoms with van der Waals surface area (Å²) in [5, 5.41) is 7.80. The summed E-state index contributed by atoms with van der Waals surface area (Å²) in [6, 6.07) is 6.88. The minimum atomic E-state index is -0.372. The number of aromatic nitrogens is 3. The van der Waals surface area contributed by atoms with E-state index in [9.17, 15) is 9.59 Å². The van der Waals surface area contributed by atoms with Crippen LogP contribution in [-0.2, 0) is 16.0 Å². The molecule has 0 fully saturated rings. The predicted octanol–water partition coefficient (Wildman–Crippen LogP) is 3.99. The van der Waals surface area contributed by atoms with Crippen LogP contribution in [0.1, 0.15) is 29.1 Å². The third-order valence-corrected chi connectivity index (χ3v) is 5.54. The number of aryl methyl sites for hydroxylation is 3. The van der Waals surface area contributed by atoms with Gasteiger partial charge in [-0.05, 0) is 44.9 Å². The standard InChI is InChI=1S/C21H23Cl2N5O2/c1-12-10-18-24-13(2)15(14(3)28(18)26-12)8-9-20(30)27(4)11-19(29)25-21-16(22)6-5-7-17(21)23/h5-7,10H,8-9,11H2,1-4H3,(H,25,29). The Bertz CT molecular complexity index is 1110. The highest BCUT2D eigenvalue weighted by atomic mass is 35.5. The second kappa shape index (κ2) is 9.02. The number of rotatable bonds is 6.